The Hall–Kier alpha value is -3.29. The molecule has 0 saturated heterocycles. The zero-order valence-corrected chi connectivity index (χ0v) is 14.6. The predicted molar refractivity (Wildman–Crippen MR) is 93.9 cm³/mol. The molecular formula is C20H16F3NO4. The molecule has 28 heavy (non-hydrogen) atoms. The maximum Gasteiger partial charge on any atom is 0.416 e. The molecule has 146 valence electrons. The summed E-state index contributed by atoms with van der Waals surface area (Å²) in [7, 11) is 0. The smallest absolute Gasteiger partial charge is 0.416 e. The number of hydrogen-bond donors (Lipinski definition) is 1. The van der Waals surface area contributed by atoms with E-state index < -0.39 is 17.7 Å². The number of nitrogens with zero attached hydrogens (tertiary/aromatic N) is 1. The number of hydrogen-bond acceptors (Lipinski definition) is 4. The topological polar surface area (TPSA) is 72.6 Å². The Morgan fingerprint density at radius 1 is 1.14 bits per heavy atom. The Morgan fingerprint density at radius 2 is 1.89 bits per heavy atom. The molecule has 0 unspecified atom stereocenters. The first-order valence-corrected chi connectivity index (χ1v) is 8.37. The van der Waals surface area contributed by atoms with Crippen molar-refractivity contribution < 1.29 is 32.2 Å². The van der Waals surface area contributed by atoms with Gasteiger partial charge in [-0.3, -0.25) is 4.79 Å². The highest BCUT2D eigenvalue weighted by Gasteiger charge is 2.30. The minimum atomic E-state index is -4.38. The summed E-state index contributed by atoms with van der Waals surface area (Å²) in [6.45, 7) is 0.253. The van der Waals surface area contributed by atoms with Gasteiger partial charge in [0.05, 0.1) is 25.0 Å². The van der Waals surface area contributed by atoms with Crippen LogP contribution in [0.3, 0.4) is 0 Å². The number of halogens is 3. The Labute approximate surface area is 158 Å². The van der Waals surface area contributed by atoms with Crippen LogP contribution in [0.2, 0.25) is 0 Å². The van der Waals surface area contributed by atoms with E-state index in [2.05, 4.69) is 4.98 Å². The summed E-state index contributed by atoms with van der Waals surface area (Å²) in [5, 5.41) is 8.82. The number of oxazole rings is 1. The van der Waals surface area contributed by atoms with Crippen LogP contribution in [-0.4, -0.2) is 22.7 Å². The number of aliphatic carboxylic acids is 1. The Kier molecular flexibility index (Phi) is 5.67. The first-order valence-electron chi connectivity index (χ1n) is 8.37. The second-order valence-electron chi connectivity index (χ2n) is 6.02. The first kappa shape index (κ1) is 19.5. The molecular weight excluding hydrogens is 375 g/mol. The molecule has 0 radical (unpaired) electrons. The van der Waals surface area contributed by atoms with Gasteiger partial charge in [0.2, 0.25) is 0 Å². The molecule has 0 aliphatic carbocycles. The molecule has 1 heterocycles. The Morgan fingerprint density at radius 3 is 2.57 bits per heavy atom. The van der Waals surface area contributed by atoms with E-state index in [1.807, 2.05) is 0 Å². The first-order chi connectivity index (χ1) is 13.3. The van der Waals surface area contributed by atoms with Gasteiger partial charge in [-0.1, -0.05) is 24.3 Å². The molecule has 0 atom stereocenters. The molecule has 1 aromatic heterocycles. The fourth-order valence-electron chi connectivity index (χ4n) is 2.56. The SMILES string of the molecule is O=C(O)Cc1cccc(OCCc2nc(-c3ccc(C(F)(F)F)cc3)co2)c1. The molecule has 2 aromatic carbocycles. The largest absolute Gasteiger partial charge is 0.493 e. The van der Waals surface area contributed by atoms with Gasteiger partial charge < -0.3 is 14.3 Å². The molecule has 0 aliphatic heterocycles. The van der Waals surface area contributed by atoms with E-state index >= 15 is 0 Å². The second kappa shape index (κ2) is 8.16. The highest BCUT2D eigenvalue weighted by Crippen LogP contribution is 2.30. The molecule has 8 heteroatoms. The zero-order valence-electron chi connectivity index (χ0n) is 14.6. The zero-order chi connectivity index (χ0) is 20.1. The second-order valence-corrected chi connectivity index (χ2v) is 6.02. The number of carboxylic acids is 1. The van der Waals surface area contributed by atoms with Gasteiger partial charge in [0.25, 0.3) is 0 Å². The summed E-state index contributed by atoms with van der Waals surface area (Å²) in [6.07, 6.45) is -2.74. The third-order valence-corrected chi connectivity index (χ3v) is 3.90. The van der Waals surface area contributed by atoms with Crippen molar-refractivity contribution in [2.24, 2.45) is 0 Å². The van der Waals surface area contributed by atoms with E-state index in [0.717, 1.165) is 12.1 Å². The lowest BCUT2D eigenvalue weighted by Crippen LogP contribution is -2.04. The molecule has 0 saturated carbocycles. The van der Waals surface area contributed by atoms with Crippen LogP contribution in [0.5, 0.6) is 5.75 Å². The maximum atomic E-state index is 12.6. The molecule has 1 N–H and O–H groups in total. The van der Waals surface area contributed by atoms with Crippen LogP contribution in [0.25, 0.3) is 11.3 Å². The Balaban J connectivity index is 1.57. The summed E-state index contributed by atoms with van der Waals surface area (Å²) < 4.78 is 48.8. The number of alkyl halides is 3. The van der Waals surface area contributed by atoms with E-state index in [4.69, 9.17) is 14.3 Å². The van der Waals surface area contributed by atoms with Gasteiger partial charge in [-0.2, -0.15) is 13.2 Å². The van der Waals surface area contributed by atoms with Crippen molar-refractivity contribution in [1.82, 2.24) is 4.98 Å². The van der Waals surface area contributed by atoms with Crippen LogP contribution in [-0.2, 0) is 23.8 Å². The molecule has 0 amide bonds. The van der Waals surface area contributed by atoms with Gasteiger partial charge >= 0.3 is 12.1 Å². The summed E-state index contributed by atoms with van der Waals surface area (Å²) in [5.41, 5.74) is 0.863. The fourth-order valence-corrected chi connectivity index (χ4v) is 2.56. The van der Waals surface area contributed by atoms with Crippen molar-refractivity contribution >= 4 is 5.97 Å². The van der Waals surface area contributed by atoms with Gasteiger partial charge in [0, 0.05) is 5.56 Å². The monoisotopic (exact) mass is 391 g/mol. The van der Waals surface area contributed by atoms with Crippen molar-refractivity contribution in [1.29, 1.82) is 0 Å². The van der Waals surface area contributed by atoms with Crippen molar-refractivity contribution in [2.45, 2.75) is 19.0 Å². The van der Waals surface area contributed by atoms with Gasteiger partial charge in [0.1, 0.15) is 17.7 Å². The van der Waals surface area contributed by atoms with Gasteiger partial charge in [-0.15, -0.1) is 0 Å². The summed E-state index contributed by atoms with van der Waals surface area (Å²) in [4.78, 5) is 15.0. The van der Waals surface area contributed by atoms with Crippen LogP contribution in [0.15, 0.2) is 59.2 Å². The molecule has 0 spiro atoms. The molecule has 3 rings (SSSR count). The number of rotatable bonds is 7. The lowest BCUT2D eigenvalue weighted by Gasteiger charge is -2.06. The molecule has 5 nitrogen and oxygen atoms in total. The van der Waals surface area contributed by atoms with Crippen LogP contribution >= 0.6 is 0 Å². The van der Waals surface area contributed by atoms with Gasteiger partial charge in [0.15, 0.2) is 5.89 Å². The highest BCUT2D eigenvalue weighted by atomic mass is 19.4. The quantitative estimate of drug-likeness (QED) is 0.637. The molecule has 0 bridgehead atoms. The highest BCUT2D eigenvalue weighted by molar-refractivity contribution is 5.70. The van der Waals surface area contributed by atoms with Gasteiger partial charge in [-0.05, 0) is 29.8 Å². The lowest BCUT2D eigenvalue weighted by atomic mass is 10.1. The summed E-state index contributed by atoms with van der Waals surface area (Å²) in [6, 6.07) is 11.5. The average molecular weight is 391 g/mol. The molecule has 3 aromatic rings. The maximum absolute atomic E-state index is 12.6. The van der Waals surface area contributed by atoms with Gasteiger partial charge in [-0.25, -0.2) is 4.98 Å². The molecule has 0 aliphatic rings. The summed E-state index contributed by atoms with van der Waals surface area (Å²) in [5.74, 6) is -0.00223. The van der Waals surface area contributed by atoms with E-state index in [-0.39, 0.29) is 13.0 Å². The summed E-state index contributed by atoms with van der Waals surface area (Å²) >= 11 is 0. The third kappa shape index (κ3) is 5.12. The van der Waals surface area contributed by atoms with E-state index in [9.17, 15) is 18.0 Å². The van der Waals surface area contributed by atoms with E-state index in [0.29, 0.717) is 34.9 Å². The number of ether oxygens (including phenoxy) is 1. The van der Waals surface area contributed by atoms with Crippen LogP contribution in [0.4, 0.5) is 13.2 Å². The van der Waals surface area contributed by atoms with Crippen LogP contribution in [0, 0.1) is 0 Å². The average Bonchev–Trinajstić information content (AvgIpc) is 3.10. The standard InChI is InChI=1S/C20H16F3NO4/c21-20(22,23)15-6-4-14(5-7-15)17-12-28-18(24-17)8-9-27-16-3-1-2-13(10-16)11-19(25)26/h1-7,10,12H,8-9,11H2,(H,25,26). The van der Waals surface area contributed by atoms with Crippen molar-refractivity contribution in [3.8, 4) is 17.0 Å². The fraction of sp³-hybridized carbons (Fsp3) is 0.200. The minimum absolute atomic E-state index is 0.0899. The van der Waals surface area contributed by atoms with Crippen LogP contribution in [0.1, 0.15) is 17.0 Å². The van der Waals surface area contributed by atoms with Crippen molar-refractivity contribution in [2.75, 3.05) is 6.61 Å². The number of benzene rings is 2. The van der Waals surface area contributed by atoms with Crippen LogP contribution < -0.4 is 4.74 Å². The number of carbonyl (C=O) groups is 1. The van der Waals surface area contributed by atoms with Crippen molar-refractivity contribution in [3.63, 3.8) is 0 Å². The Bertz CT molecular complexity index is 949. The van der Waals surface area contributed by atoms with E-state index in [1.165, 1.54) is 18.4 Å². The number of carboxylic acid groups (broad SMARTS) is 1. The lowest BCUT2D eigenvalue weighted by molar-refractivity contribution is -0.138. The molecule has 0 fully saturated rings. The van der Waals surface area contributed by atoms with Crippen molar-refractivity contribution in [3.05, 3.63) is 71.8 Å². The normalized spacial score (nSPS) is 11.4. The number of aromatic nitrogens is 1. The predicted octanol–water partition coefficient (Wildman–Crippen LogP) is 4.61. The minimum Gasteiger partial charge on any atom is -0.493 e. The third-order valence-electron chi connectivity index (χ3n) is 3.90. The van der Waals surface area contributed by atoms with E-state index in [1.54, 1.807) is 24.3 Å².